The molecular formula is C18H22NO5P. The average molecular weight is 363 g/mol. The van der Waals surface area contributed by atoms with Crippen molar-refractivity contribution in [1.82, 2.24) is 5.32 Å². The molecule has 1 atom stereocenters. The van der Waals surface area contributed by atoms with Gasteiger partial charge >= 0.3 is 13.6 Å². The number of hydrogen-bond acceptors (Lipinski definition) is 3. The number of carbonyl (C=O) groups is 1. The maximum atomic E-state index is 11.5. The van der Waals surface area contributed by atoms with Crippen LogP contribution in [0.5, 0.6) is 0 Å². The van der Waals surface area contributed by atoms with Crippen molar-refractivity contribution in [2.24, 2.45) is 0 Å². The van der Waals surface area contributed by atoms with Crippen molar-refractivity contribution in [3.8, 4) is 11.1 Å². The molecule has 0 bridgehead atoms. The summed E-state index contributed by atoms with van der Waals surface area (Å²) in [6.07, 6.45) is 0.119. The molecule has 6 nitrogen and oxygen atoms in total. The lowest BCUT2D eigenvalue weighted by molar-refractivity contribution is -0.139. The number of aliphatic carboxylic acids is 1. The summed E-state index contributed by atoms with van der Waals surface area (Å²) >= 11 is 0. The number of carboxylic acid groups (broad SMARTS) is 1. The van der Waals surface area contributed by atoms with Gasteiger partial charge in [-0.2, -0.15) is 0 Å². The largest absolute Gasteiger partial charge is 0.480 e. The highest BCUT2D eigenvalue weighted by molar-refractivity contribution is 7.53. The van der Waals surface area contributed by atoms with E-state index in [0.29, 0.717) is 0 Å². The molecule has 25 heavy (non-hydrogen) atoms. The maximum absolute atomic E-state index is 11.5. The van der Waals surface area contributed by atoms with E-state index in [1.165, 1.54) is 13.8 Å². The van der Waals surface area contributed by atoms with Gasteiger partial charge in [0.05, 0.1) is 0 Å². The molecule has 2 aromatic rings. The lowest BCUT2D eigenvalue weighted by Crippen LogP contribution is -2.50. The molecule has 0 aromatic heterocycles. The van der Waals surface area contributed by atoms with E-state index in [1.54, 1.807) is 0 Å². The molecule has 0 radical (unpaired) electrons. The predicted octanol–water partition coefficient (Wildman–Crippen LogP) is 2.85. The Bertz CT molecular complexity index is 768. The molecule has 0 saturated heterocycles. The summed E-state index contributed by atoms with van der Waals surface area (Å²) in [5.41, 5.74) is 2.84. The molecule has 0 aliphatic carbocycles. The Hall–Kier alpha value is -1.98. The SMILES string of the molecule is CC(C)(NC(Cc1ccc(-c2ccccc2)cc1)C(=O)O)P(=O)(O)O. The molecule has 0 saturated carbocycles. The van der Waals surface area contributed by atoms with E-state index in [1.807, 2.05) is 54.6 Å². The Morgan fingerprint density at radius 3 is 2.04 bits per heavy atom. The quantitative estimate of drug-likeness (QED) is 0.564. The molecule has 1 unspecified atom stereocenters. The second-order valence-electron chi connectivity index (χ2n) is 6.41. The zero-order chi connectivity index (χ0) is 18.7. The summed E-state index contributed by atoms with van der Waals surface area (Å²) in [6.45, 7) is 2.59. The average Bonchev–Trinajstić information content (AvgIpc) is 2.54. The molecule has 4 N–H and O–H groups in total. The predicted molar refractivity (Wildman–Crippen MR) is 96.3 cm³/mol. The van der Waals surface area contributed by atoms with Crippen molar-refractivity contribution in [2.75, 3.05) is 0 Å². The minimum absolute atomic E-state index is 0.119. The van der Waals surface area contributed by atoms with Crippen LogP contribution in [-0.2, 0) is 15.8 Å². The van der Waals surface area contributed by atoms with Crippen LogP contribution in [0.3, 0.4) is 0 Å². The fourth-order valence-corrected chi connectivity index (χ4v) is 2.73. The van der Waals surface area contributed by atoms with Crippen molar-refractivity contribution in [3.63, 3.8) is 0 Å². The lowest BCUT2D eigenvalue weighted by Gasteiger charge is -2.30. The van der Waals surface area contributed by atoms with Crippen molar-refractivity contribution in [2.45, 2.75) is 31.6 Å². The van der Waals surface area contributed by atoms with E-state index in [9.17, 15) is 24.3 Å². The Balaban J connectivity index is 2.15. The van der Waals surface area contributed by atoms with Gasteiger partial charge in [0.25, 0.3) is 0 Å². The molecule has 0 amide bonds. The summed E-state index contributed by atoms with van der Waals surface area (Å²) in [7, 11) is -4.49. The first-order chi connectivity index (χ1) is 11.6. The molecular weight excluding hydrogens is 341 g/mol. The Labute approximate surface area is 146 Å². The van der Waals surface area contributed by atoms with Gasteiger partial charge in [0.15, 0.2) is 0 Å². The maximum Gasteiger partial charge on any atom is 0.344 e. The van der Waals surface area contributed by atoms with E-state index in [0.717, 1.165) is 16.7 Å². The lowest BCUT2D eigenvalue weighted by atomic mass is 10.0. The summed E-state index contributed by atoms with van der Waals surface area (Å²) < 4.78 is 11.5. The van der Waals surface area contributed by atoms with Crippen LogP contribution < -0.4 is 5.32 Å². The fourth-order valence-electron chi connectivity index (χ4n) is 2.41. The minimum atomic E-state index is -4.49. The standard InChI is InChI=1S/C18H22NO5P/c1-18(2,25(22,23)24)19-16(17(20)21)12-13-8-10-15(11-9-13)14-6-4-3-5-7-14/h3-11,16,19H,12H2,1-2H3,(H,20,21)(H2,22,23,24). The van der Waals surface area contributed by atoms with Crippen molar-refractivity contribution < 1.29 is 24.3 Å². The number of carboxylic acids is 1. The van der Waals surface area contributed by atoms with Gasteiger partial charge in [-0.05, 0) is 37.0 Å². The van der Waals surface area contributed by atoms with Crippen LogP contribution in [0.15, 0.2) is 54.6 Å². The number of hydrogen-bond donors (Lipinski definition) is 4. The third kappa shape index (κ3) is 5.00. The monoisotopic (exact) mass is 363 g/mol. The molecule has 7 heteroatoms. The van der Waals surface area contributed by atoms with Crippen LogP contribution in [0.1, 0.15) is 19.4 Å². The van der Waals surface area contributed by atoms with Gasteiger partial charge in [-0.15, -0.1) is 0 Å². The Morgan fingerprint density at radius 2 is 1.56 bits per heavy atom. The van der Waals surface area contributed by atoms with Crippen molar-refractivity contribution in [1.29, 1.82) is 0 Å². The first-order valence-corrected chi connectivity index (χ1v) is 9.42. The van der Waals surface area contributed by atoms with Crippen LogP contribution in [0, 0.1) is 0 Å². The second-order valence-corrected chi connectivity index (χ2v) is 8.61. The molecule has 0 spiro atoms. The van der Waals surface area contributed by atoms with Gasteiger partial charge in [-0.25, -0.2) is 0 Å². The number of rotatable bonds is 7. The molecule has 0 fully saturated rings. The Kier molecular flexibility index (Phi) is 5.80. The first-order valence-electron chi connectivity index (χ1n) is 7.81. The highest BCUT2D eigenvalue weighted by Gasteiger charge is 2.40. The summed E-state index contributed by atoms with van der Waals surface area (Å²) in [5.74, 6) is -1.16. The molecule has 2 aromatic carbocycles. The number of nitrogens with one attached hydrogen (secondary N) is 1. The van der Waals surface area contributed by atoms with Crippen molar-refractivity contribution in [3.05, 3.63) is 60.2 Å². The normalized spacial score (nSPS) is 13.4. The summed E-state index contributed by atoms with van der Waals surface area (Å²) in [5, 5.41) is 10.3. The summed E-state index contributed by atoms with van der Waals surface area (Å²) in [4.78, 5) is 30.2. The van der Waals surface area contributed by atoms with Gasteiger partial charge < -0.3 is 14.9 Å². The van der Waals surface area contributed by atoms with E-state index in [4.69, 9.17) is 0 Å². The van der Waals surface area contributed by atoms with E-state index < -0.39 is 24.9 Å². The second kappa shape index (κ2) is 7.50. The highest BCUT2D eigenvalue weighted by atomic mass is 31.2. The summed E-state index contributed by atoms with van der Waals surface area (Å²) in [6, 6.07) is 16.1. The van der Waals surface area contributed by atoms with Crippen LogP contribution in [-0.4, -0.2) is 32.2 Å². The van der Waals surface area contributed by atoms with Gasteiger partial charge in [0.1, 0.15) is 11.3 Å². The third-order valence-electron chi connectivity index (χ3n) is 4.05. The van der Waals surface area contributed by atoms with Gasteiger partial charge in [-0.3, -0.25) is 14.7 Å². The number of benzene rings is 2. The van der Waals surface area contributed by atoms with Crippen molar-refractivity contribution >= 4 is 13.6 Å². The van der Waals surface area contributed by atoms with Gasteiger partial charge in [-0.1, -0.05) is 54.6 Å². The zero-order valence-corrected chi connectivity index (χ0v) is 15.0. The third-order valence-corrected chi connectivity index (χ3v) is 5.64. The zero-order valence-electron chi connectivity index (χ0n) is 14.1. The van der Waals surface area contributed by atoms with Gasteiger partial charge in [0, 0.05) is 0 Å². The molecule has 0 heterocycles. The molecule has 0 aliphatic rings. The van der Waals surface area contributed by atoms with Gasteiger partial charge in [0.2, 0.25) is 0 Å². The molecule has 134 valence electrons. The van der Waals surface area contributed by atoms with Crippen LogP contribution >= 0.6 is 7.60 Å². The van der Waals surface area contributed by atoms with E-state index in [-0.39, 0.29) is 6.42 Å². The minimum Gasteiger partial charge on any atom is -0.480 e. The molecule has 2 rings (SSSR count). The topological polar surface area (TPSA) is 107 Å². The first kappa shape index (κ1) is 19.3. The van der Waals surface area contributed by atoms with E-state index >= 15 is 0 Å². The van der Waals surface area contributed by atoms with Crippen LogP contribution in [0.4, 0.5) is 0 Å². The molecule has 0 aliphatic heterocycles. The van der Waals surface area contributed by atoms with Crippen LogP contribution in [0.2, 0.25) is 0 Å². The van der Waals surface area contributed by atoms with E-state index in [2.05, 4.69) is 5.32 Å². The Morgan fingerprint density at radius 1 is 1.04 bits per heavy atom. The smallest absolute Gasteiger partial charge is 0.344 e. The van der Waals surface area contributed by atoms with Crippen LogP contribution in [0.25, 0.3) is 11.1 Å². The highest BCUT2D eigenvalue weighted by Crippen LogP contribution is 2.48. The fraction of sp³-hybridized carbons (Fsp3) is 0.278.